The van der Waals surface area contributed by atoms with Crippen molar-refractivity contribution in [2.45, 2.75) is 20.3 Å². The number of amides is 1. The van der Waals surface area contributed by atoms with Crippen LogP contribution in [0.4, 0.5) is 5.69 Å². The number of ether oxygens (including phenoxy) is 1. The van der Waals surface area contributed by atoms with E-state index in [0.717, 1.165) is 22.2 Å². The van der Waals surface area contributed by atoms with Gasteiger partial charge in [-0.2, -0.15) is 0 Å². The van der Waals surface area contributed by atoms with Crippen LogP contribution >= 0.6 is 11.6 Å². The maximum absolute atomic E-state index is 12.7. The maximum Gasteiger partial charge on any atom is 0.335 e. The van der Waals surface area contributed by atoms with Crippen LogP contribution in [0.15, 0.2) is 42.1 Å². The molecule has 142 valence electrons. The van der Waals surface area contributed by atoms with Crippen molar-refractivity contribution >= 4 is 45.6 Å². The number of hydrogen-bond donors (Lipinski definition) is 2. The summed E-state index contributed by atoms with van der Waals surface area (Å²) in [6, 6.07) is 9.11. The van der Waals surface area contributed by atoms with Crippen molar-refractivity contribution < 1.29 is 14.3 Å². The normalized spacial score (nSPS) is 13.9. The van der Waals surface area contributed by atoms with E-state index in [0.29, 0.717) is 27.6 Å². The van der Waals surface area contributed by atoms with Gasteiger partial charge in [0.2, 0.25) is 5.91 Å². The molecule has 1 aliphatic rings. The summed E-state index contributed by atoms with van der Waals surface area (Å²) in [5.74, 6) is -0.794. The van der Waals surface area contributed by atoms with E-state index in [1.54, 1.807) is 25.3 Å². The van der Waals surface area contributed by atoms with Gasteiger partial charge in [-0.15, -0.1) is 0 Å². The van der Waals surface area contributed by atoms with Crippen LogP contribution in [0.1, 0.15) is 30.3 Å². The molecule has 2 aromatic heterocycles. The maximum atomic E-state index is 12.7. The van der Waals surface area contributed by atoms with E-state index in [4.69, 9.17) is 16.3 Å². The summed E-state index contributed by atoms with van der Waals surface area (Å²) < 4.78 is 5.25. The van der Waals surface area contributed by atoms with Gasteiger partial charge in [-0.1, -0.05) is 11.6 Å². The highest BCUT2D eigenvalue weighted by molar-refractivity contribution is 6.31. The molecule has 1 aliphatic heterocycles. The predicted octanol–water partition coefficient (Wildman–Crippen LogP) is 4.23. The van der Waals surface area contributed by atoms with Gasteiger partial charge in [0.05, 0.1) is 30.0 Å². The first kappa shape index (κ1) is 18.3. The molecule has 0 bridgehead atoms. The average Bonchev–Trinajstić information content (AvgIpc) is 2.91. The second-order valence-corrected chi connectivity index (χ2v) is 6.99. The Hall–Kier alpha value is -3.12. The number of aromatic amines is 1. The smallest absolute Gasteiger partial charge is 0.335 e. The van der Waals surface area contributed by atoms with Crippen molar-refractivity contribution in [1.29, 1.82) is 0 Å². The summed E-state index contributed by atoms with van der Waals surface area (Å²) in [7, 11) is 0. The molecule has 3 aromatic rings. The summed E-state index contributed by atoms with van der Waals surface area (Å²) in [5, 5.41) is 4.26. The van der Waals surface area contributed by atoms with Crippen LogP contribution < -0.4 is 5.32 Å². The Labute approximate surface area is 166 Å². The number of aromatic nitrogens is 2. The zero-order valence-corrected chi connectivity index (χ0v) is 16.2. The second kappa shape index (κ2) is 7.13. The molecule has 2 N–H and O–H groups in total. The molecule has 0 spiro atoms. The lowest BCUT2D eigenvalue weighted by molar-refractivity contribution is -0.139. The van der Waals surface area contributed by atoms with Crippen LogP contribution in [0.5, 0.6) is 0 Å². The number of pyridine rings is 1. The number of benzene rings is 1. The quantitative estimate of drug-likeness (QED) is 0.650. The predicted molar refractivity (Wildman–Crippen MR) is 108 cm³/mol. The van der Waals surface area contributed by atoms with Crippen molar-refractivity contribution in [2.24, 2.45) is 0 Å². The molecule has 0 aliphatic carbocycles. The summed E-state index contributed by atoms with van der Waals surface area (Å²) >= 11 is 6.17. The molecular weight excluding hydrogens is 378 g/mol. The number of fused-ring (bicyclic) bond motifs is 3. The van der Waals surface area contributed by atoms with E-state index >= 15 is 0 Å². The van der Waals surface area contributed by atoms with Gasteiger partial charge < -0.3 is 15.0 Å². The Balaban J connectivity index is 2.07. The topological polar surface area (TPSA) is 84.1 Å². The van der Waals surface area contributed by atoms with Gasteiger partial charge in [-0.3, -0.25) is 9.78 Å². The Morgan fingerprint density at radius 3 is 2.86 bits per heavy atom. The molecule has 0 saturated heterocycles. The lowest BCUT2D eigenvalue weighted by Gasteiger charge is -2.12. The van der Waals surface area contributed by atoms with E-state index in [9.17, 15) is 9.59 Å². The average molecular weight is 396 g/mol. The Bertz CT molecular complexity index is 1150. The number of rotatable bonds is 3. The number of aryl methyl sites for hydroxylation is 1. The number of halogens is 1. The first-order valence-electron chi connectivity index (χ1n) is 8.92. The zero-order chi connectivity index (χ0) is 19.8. The minimum absolute atomic E-state index is 0.0832. The summed E-state index contributed by atoms with van der Waals surface area (Å²) in [6.07, 6.45) is 1.60. The van der Waals surface area contributed by atoms with Crippen LogP contribution in [-0.4, -0.2) is 28.5 Å². The fraction of sp³-hybridized carbons (Fsp3) is 0.190. The third kappa shape index (κ3) is 3.16. The molecule has 28 heavy (non-hydrogen) atoms. The third-order valence-corrected chi connectivity index (χ3v) is 4.86. The third-order valence-electron chi connectivity index (χ3n) is 4.62. The molecule has 1 amide bonds. The van der Waals surface area contributed by atoms with E-state index in [2.05, 4.69) is 15.3 Å². The number of esters is 1. The first-order valence-corrected chi connectivity index (χ1v) is 9.30. The van der Waals surface area contributed by atoms with Crippen molar-refractivity contribution in [2.75, 3.05) is 11.9 Å². The highest BCUT2D eigenvalue weighted by Gasteiger charge is 2.30. The summed E-state index contributed by atoms with van der Waals surface area (Å²) in [6.45, 7) is 3.84. The minimum Gasteiger partial charge on any atom is -0.463 e. The van der Waals surface area contributed by atoms with Crippen LogP contribution in [0.2, 0.25) is 5.02 Å². The minimum atomic E-state index is -0.508. The largest absolute Gasteiger partial charge is 0.463 e. The van der Waals surface area contributed by atoms with Crippen molar-refractivity contribution in [3.63, 3.8) is 0 Å². The highest BCUT2D eigenvalue weighted by atomic mass is 35.5. The van der Waals surface area contributed by atoms with Gasteiger partial charge in [0, 0.05) is 33.4 Å². The number of hydrogen-bond acceptors (Lipinski definition) is 4. The summed E-state index contributed by atoms with van der Waals surface area (Å²) in [5.41, 5.74) is 4.58. The fourth-order valence-electron chi connectivity index (χ4n) is 3.48. The first-order chi connectivity index (χ1) is 13.5. The van der Waals surface area contributed by atoms with Crippen LogP contribution in [0.3, 0.4) is 0 Å². The molecule has 0 radical (unpaired) electrons. The molecular formula is C21H18ClN3O3. The molecule has 3 heterocycles. The molecule has 0 fully saturated rings. The molecule has 0 unspecified atom stereocenters. The van der Waals surface area contributed by atoms with Crippen molar-refractivity contribution in [3.05, 3.63) is 64.1 Å². The number of carbonyl (C=O) groups is 2. The number of carbonyl (C=O) groups excluding carboxylic acids is 2. The second-order valence-electron chi connectivity index (χ2n) is 6.55. The van der Waals surface area contributed by atoms with Crippen LogP contribution in [-0.2, 0) is 14.3 Å². The van der Waals surface area contributed by atoms with E-state index in [1.807, 2.05) is 25.1 Å². The molecule has 0 atom stereocenters. The Morgan fingerprint density at radius 1 is 1.29 bits per heavy atom. The Morgan fingerprint density at radius 2 is 2.11 bits per heavy atom. The van der Waals surface area contributed by atoms with Gasteiger partial charge >= 0.3 is 5.97 Å². The highest BCUT2D eigenvalue weighted by Crippen LogP contribution is 2.40. The lowest BCUT2D eigenvalue weighted by atomic mass is 9.95. The zero-order valence-electron chi connectivity index (χ0n) is 15.4. The monoisotopic (exact) mass is 395 g/mol. The van der Waals surface area contributed by atoms with E-state index in [-0.39, 0.29) is 18.9 Å². The van der Waals surface area contributed by atoms with Crippen molar-refractivity contribution in [3.8, 4) is 0 Å². The van der Waals surface area contributed by atoms with Gasteiger partial charge in [0.25, 0.3) is 0 Å². The summed E-state index contributed by atoms with van der Waals surface area (Å²) in [4.78, 5) is 32.9. The number of H-pyrrole nitrogens is 1. The van der Waals surface area contributed by atoms with E-state index < -0.39 is 5.97 Å². The standard InChI is InChI=1S/C21H18ClN3O3/c1-3-28-21(27)15-10-17(26)25-19-14-9-13(22)4-5-16(14)24-20(19)18(15)12-6-7-23-11(2)8-12/h4-9,24H,3,10H2,1-2H3,(H,25,26). The number of nitrogens with one attached hydrogen (secondary N) is 2. The molecule has 7 heteroatoms. The molecule has 0 saturated carbocycles. The van der Waals surface area contributed by atoms with E-state index in [1.165, 1.54) is 0 Å². The number of nitrogens with zero attached hydrogens (tertiary/aromatic N) is 1. The lowest BCUT2D eigenvalue weighted by Crippen LogP contribution is -2.16. The van der Waals surface area contributed by atoms with Crippen LogP contribution in [0, 0.1) is 6.92 Å². The molecule has 4 rings (SSSR count). The molecule has 1 aromatic carbocycles. The van der Waals surface area contributed by atoms with Gasteiger partial charge in [-0.05, 0) is 49.7 Å². The van der Waals surface area contributed by atoms with Gasteiger partial charge in [-0.25, -0.2) is 4.79 Å². The SMILES string of the molecule is CCOC(=O)C1=C(c2ccnc(C)c2)c2[nH]c3ccc(Cl)cc3c2NC(=O)C1. The van der Waals surface area contributed by atoms with Gasteiger partial charge in [0.15, 0.2) is 0 Å². The van der Waals surface area contributed by atoms with Crippen LogP contribution in [0.25, 0.3) is 16.5 Å². The Kier molecular flexibility index (Phi) is 4.65. The van der Waals surface area contributed by atoms with Crippen molar-refractivity contribution in [1.82, 2.24) is 9.97 Å². The fourth-order valence-corrected chi connectivity index (χ4v) is 3.65. The molecule has 6 nitrogen and oxygen atoms in total. The van der Waals surface area contributed by atoms with Gasteiger partial charge in [0.1, 0.15) is 0 Å². The number of anilines is 1.